The van der Waals surface area contributed by atoms with Crippen LogP contribution in [0.15, 0.2) is 46.7 Å². The monoisotopic (exact) mass is 324 g/mol. The number of amides is 1. The molecule has 0 saturated carbocycles. The Hall–Kier alpha value is -1.70. The predicted molar refractivity (Wildman–Crippen MR) is 82.8 cm³/mol. The standard InChI is InChI=1S/C14H16N2O3S2/c1-10(9-12-3-2-8-20-12)16-14(17)11-4-6-13(7-5-11)21(15,18)19/h2-8,10H,9H2,1H3,(H,16,17)(H2,15,18,19)/t10-/m0/s1. The van der Waals surface area contributed by atoms with E-state index >= 15 is 0 Å². The van der Waals surface area contributed by atoms with Crippen LogP contribution in [-0.2, 0) is 16.4 Å². The number of benzene rings is 1. The zero-order valence-electron chi connectivity index (χ0n) is 11.4. The van der Waals surface area contributed by atoms with E-state index in [-0.39, 0.29) is 16.8 Å². The van der Waals surface area contributed by atoms with E-state index in [9.17, 15) is 13.2 Å². The maximum absolute atomic E-state index is 12.1. The van der Waals surface area contributed by atoms with Crippen LogP contribution in [0, 0.1) is 0 Å². The molecule has 1 heterocycles. The van der Waals surface area contributed by atoms with Crippen LogP contribution in [0.5, 0.6) is 0 Å². The van der Waals surface area contributed by atoms with Crippen LogP contribution in [0.1, 0.15) is 22.2 Å². The second-order valence-electron chi connectivity index (χ2n) is 4.73. The van der Waals surface area contributed by atoms with Crippen molar-refractivity contribution in [3.8, 4) is 0 Å². The average Bonchev–Trinajstić information content (AvgIpc) is 2.90. The lowest BCUT2D eigenvalue weighted by Crippen LogP contribution is -2.33. The fourth-order valence-corrected chi connectivity index (χ4v) is 3.24. The van der Waals surface area contributed by atoms with E-state index in [0.29, 0.717) is 5.56 Å². The van der Waals surface area contributed by atoms with Gasteiger partial charge >= 0.3 is 0 Å². The Bertz CT molecular complexity index is 707. The van der Waals surface area contributed by atoms with E-state index in [1.807, 2.05) is 24.4 Å². The van der Waals surface area contributed by atoms with Crippen molar-refractivity contribution in [3.05, 3.63) is 52.2 Å². The first-order valence-corrected chi connectivity index (χ1v) is 8.75. The molecule has 112 valence electrons. The predicted octanol–water partition coefficient (Wildman–Crippen LogP) is 1.76. The van der Waals surface area contributed by atoms with Crippen LogP contribution in [0.2, 0.25) is 0 Å². The van der Waals surface area contributed by atoms with Crippen LogP contribution in [-0.4, -0.2) is 20.4 Å². The zero-order chi connectivity index (χ0) is 15.5. The molecule has 1 aromatic heterocycles. The molecule has 21 heavy (non-hydrogen) atoms. The smallest absolute Gasteiger partial charge is 0.251 e. The minimum Gasteiger partial charge on any atom is -0.349 e. The van der Waals surface area contributed by atoms with Crippen molar-refractivity contribution in [1.82, 2.24) is 5.32 Å². The van der Waals surface area contributed by atoms with Gasteiger partial charge in [0.25, 0.3) is 5.91 Å². The summed E-state index contributed by atoms with van der Waals surface area (Å²) in [4.78, 5) is 13.2. The second-order valence-corrected chi connectivity index (χ2v) is 7.32. The molecule has 0 saturated heterocycles. The molecule has 0 aliphatic carbocycles. The summed E-state index contributed by atoms with van der Waals surface area (Å²) in [5.74, 6) is -0.236. The minimum atomic E-state index is -3.73. The molecule has 1 aromatic carbocycles. The Morgan fingerprint density at radius 3 is 2.48 bits per heavy atom. The maximum atomic E-state index is 12.1. The van der Waals surface area contributed by atoms with E-state index in [0.717, 1.165) is 6.42 Å². The molecule has 0 aliphatic heterocycles. The van der Waals surface area contributed by atoms with Crippen LogP contribution in [0.25, 0.3) is 0 Å². The first-order chi connectivity index (χ1) is 9.86. The Kier molecular flexibility index (Phi) is 4.76. The van der Waals surface area contributed by atoms with E-state index in [1.54, 1.807) is 11.3 Å². The first-order valence-electron chi connectivity index (χ1n) is 6.32. The molecule has 0 spiro atoms. The van der Waals surface area contributed by atoms with Crippen LogP contribution in [0.3, 0.4) is 0 Å². The van der Waals surface area contributed by atoms with Gasteiger partial charge in [0, 0.05) is 22.9 Å². The van der Waals surface area contributed by atoms with E-state index in [4.69, 9.17) is 5.14 Å². The van der Waals surface area contributed by atoms with Gasteiger partial charge < -0.3 is 5.32 Å². The van der Waals surface area contributed by atoms with Crippen molar-refractivity contribution in [2.75, 3.05) is 0 Å². The fraction of sp³-hybridized carbons (Fsp3) is 0.214. The van der Waals surface area contributed by atoms with Gasteiger partial charge in [-0.05, 0) is 42.6 Å². The lowest BCUT2D eigenvalue weighted by Gasteiger charge is -2.13. The van der Waals surface area contributed by atoms with Gasteiger partial charge in [-0.15, -0.1) is 11.3 Å². The van der Waals surface area contributed by atoms with Gasteiger partial charge in [0.15, 0.2) is 0 Å². The highest BCUT2D eigenvalue weighted by atomic mass is 32.2. The number of hydrogen-bond acceptors (Lipinski definition) is 4. The van der Waals surface area contributed by atoms with Gasteiger partial charge in [-0.25, -0.2) is 13.6 Å². The molecule has 0 fully saturated rings. The van der Waals surface area contributed by atoms with Crippen molar-refractivity contribution in [1.29, 1.82) is 0 Å². The average molecular weight is 324 g/mol. The summed E-state index contributed by atoms with van der Waals surface area (Å²) >= 11 is 1.65. The van der Waals surface area contributed by atoms with Gasteiger partial charge in [0.1, 0.15) is 0 Å². The molecule has 0 aliphatic rings. The summed E-state index contributed by atoms with van der Waals surface area (Å²) < 4.78 is 22.3. The number of carbonyl (C=O) groups is 1. The van der Waals surface area contributed by atoms with E-state index < -0.39 is 10.0 Å². The van der Waals surface area contributed by atoms with Crippen LogP contribution < -0.4 is 10.5 Å². The van der Waals surface area contributed by atoms with Crippen molar-refractivity contribution in [2.45, 2.75) is 24.3 Å². The summed E-state index contributed by atoms with van der Waals surface area (Å²) in [5, 5.41) is 9.89. The van der Waals surface area contributed by atoms with Crippen LogP contribution >= 0.6 is 11.3 Å². The quantitative estimate of drug-likeness (QED) is 0.878. The topological polar surface area (TPSA) is 89.3 Å². The molecular weight excluding hydrogens is 308 g/mol. The summed E-state index contributed by atoms with van der Waals surface area (Å²) in [6.07, 6.45) is 0.763. The molecule has 3 N–H and O–H groups in total. The molecule has 0 bridgehead atoms. The largest absolute Gasteiger partial charge is 0.349 e. The molecule has 2 aromatic rings. The Balaban J connectivity index is 2.00. The molecule has 1 amide bonds. The van der Waals surface area contributed by atoms with Crippen molar-refractivity contribution in [3.63, 3.8) is 0 Å². The Labute approximate surface area is 127 Å². The first kappa shape index (κ1) is 15.7. The van der Waals surface area contributed by atoms with Gasteiger partial charge in [0.05, 0.1) is 4.90 Å². The molecule has 7 heteroatoms. The van der Waals surface area contributed by atoms with Gasteiger partial charge in [-0.2, -0.15) is 0 Å². The summed E-state index contributed by atoms with van der Waals surface area (Å²) in [6, 6.07) is 9.55. The van der Waals surface area contributed by atoms with E-state index in [2.05, 4.69) is 5.32 Å². The number of thiophene rings is 1. The number of nitrogens with two attached hydrogens (primary N) is 1. The highest BCUT2D eigenvalue weighted by Gasteiger charge is 2.12. The number of primary sulfonamides is 1. The molecule has 5 nitrogen and oxygen atoms in total. The number of carbonyl (C=O) groups excluding carboxylic acids is 1. The minimum absolute atomic E-state index is 0.00549. The number of nitrogens with one attached hydrogen (secondary N) is 1. The molecule has 2 rings (SSSR count). The van der Waals surface area contributed by atoms with Crippen molar-refractivity contribution >= 4 is 27.3 Å². The Morgan fingerprint density at radius 1 is 1.29 bits per heavy atom. The third-order valence-corrected chi connectivity index (χ3v) is 4.74. The van der Waals surface area contributed by atoms with Crippen molar-refractivity contribution < 1.29 is 13.2 Å². The lowest BCUT2D eigenvalue weighted by atomic mass is 10.1. The van der Waals surface area contributed by atoms with E-state index in [1.165, 1.54) is 29.1 Å². The van der Waals surface area contributed by atoms with Crippen molar-refractivity contribution in [2.24, 2.45) is 5.14 Å². The zero-order valence-corrected chi connectivity index (χ0v) is 13.1. The van der Waals surface area contributed by atoms with Crippen LogP contribution in [0.4, 0.5) is 0 Å². The SMILES string of the molecule is C[C@@H](Cc1cccs1)NC(=O)c1ccc(S(N)(=O)=O)cc1. The highest BCUT2D eigenvalue weighted by Crippen LogP contribution is 2.12. The van der Waals surface area contributed by atoms with Gasteiger partial charge in [-0.3, -0.25) is 4.79 Å². The third-order valence-electron chi connectivity index (χ3n) is 2.91. The summed E-state index contributed by atoms with van der Waals surface area (Å²) in [5.41, 5.74) is 0.403. The highest BCUT2D eigenvalue weighted by molar-refractivity contribution is 7.89. The molecule has 0 radical (unpaired) electrons. The molecular formula is C14H16N2O3S2. The summed E-state index contributed by atoms with van der Waals surface area (Å²) in [6.45, 7) is 1.93. The van der Waals surface area contributed by atoms with Gasteiger partial charge in [0.2, 0.25) is 10.0 Å². The molecule has 0 unspecified atom stereocenters. The third kappa shape index (κ3) is 4.38. The second kappa shape index (κ2) is 6.38. The number of rotatable bonds is 5. The van der Waals surface area contributed by atoms with Gasteiger partial charge in [-0.1, -0.05) is 6.07 Å². The lowest BCUT2D eigenvalue weighted by molar-refractivity contribution is 0.0940. The maximum Gasteiger partial charge on any atom is 0.251 e. The molecule has 1 atom stereocenters. The normalized spacial score (nSPS) is 12.9. The Morgan fingerprint density at radius 2 is 1.95 bits per heavy atom. The fourth-order valence-electron chi connectivity index (χ4n) is 1.88. The number of hydrogen-bond donors (Lipinski definition) is 2. The summed E-state index contributed by atoms with van der Waals surface area (Å²) in [7, 11) is -3.73. The number of sulfonamides is 1.